The van der Waals surface area contributed by atoms with E-state index in [2.05, 4.69) is 26.6 Å². The molecule has 0 bridgehead atoms. The number of thiazole rings is 1. The minimum absolute atomic E-state index is 0.253. The Morgan fingerprint density at radius 1 is 1.19 bits per heavy atom. The van der Waals surface area contributed by atoms with Gasteiger partial charge in [0.05, 0.1) is 13.2 Å². The Labute approximate surface area is 160 Å². The third kappa shape index (κ3) is 3.37. The molecule has 1 aromatic rings. The van der Waals surface area contributed by atoms with Gasteiger partial charge in [0.2, 0.25) is 5.91 Å². The van der Waals surface area contributed by atoms with Crippen molar-refractivity contribution in [2.45, 2.75) is 51.1 Å². The van der Waals surface area contributed by atoms with Gasteiger partial charge in [0, 0.05) is 43.8 Å². The van der Waals surface area contributed by atoms with Gasteiger partial charge in [0.25, 0.3) is 0 Å². The van der Waals surface area contributed by atoms with E-state index in [-0.39, 0.29) is 5.54 Å². The van der Waals surface area contributed by atoms with Crippen molar-refractivity contribution in [3.8, 4) is 0 Å². The van der Waals surface area contributed by atoms with Gasteiger partial charge in [0.15, 0.2) is 5.13 Å². The first kappa shape index (κ1) is 18.2. The highest BCUT2D eigenvalue weighted by atomic mass is 32.1. The molecule has 1 spiro atoms. The number of aromatic nitrogens is 1. The minimum atomic E-state index is -0.253. The molecule has 3 aliphatic heterocycles. The molecule has 3 saturated heterocycles. The van der Waals surface area contributed by atoms with E-state index in [4.69, 9.17) is 4.74 Å². The number of ether oxygens (including phenoxy) is 1. The number of piperidine rings is 1. The third-order valence-corrected chi connectivity index (χ3v) is 7.03. The van der Waals surface area contributed by atoms with Crippen molar-refractivity contribution in [1.82, 2.24) is 14.8 Å². The van der Waals surface area contributed by atoms with Gasteiger partial charge in [-0.1, -0.05) is 6.92 Å². The average Bonchev–Trinajstić information content (AvgIpc) is 3.29. The number of hydrogen-bond donors (Lipinski definition) is 0. The molecule has 3 fully saturated rings. The Morgan fingerprint density at radius 3 is 2.73 bits per heavy atom. The van der Waals surface area contributed by atoms with E-state index in [0.29, 0.717) is 5.91 Å². The van der Waals surface area contributed by atoms with E-state index in [9.17, 15) is 4.79 Å². The maximum atomic E-state index is 13.2. The van der Waals surface area contributed by atoms with Crippen LogP contribution in [-0.4, -0.2) is 72.2 Å². The second kappa shape index (κ2) is 7.82. The highest BCUT2D eigenvalue weighted by Gasteiger charge is 2.50. The fourth-order valence-corrected chi connectivity index (χ4v) is 5.68. The molecule has 0 saturated carbocycles. The third-order valence-electron chi connectivity index (χ3n) is 5.99. The van der Waals surface area contributed by atoms with Crippen molar-refractivity contribution in [2.24, 2.45) is 0 Å². The largest absolute Gasteiger partial charge is 0.378 e. The Kier molecular flexibility index (Phi) is 5.47. The van der Waals surface area contributed by atoms with Crippen LogP contribution < -0.4 is 4.90 Å². The number of nitrogens with zero attached hydrogens (tertiary/aromatic N) is 4. The standard InChI is InChI=1S/C19H30N4O2S/c1-2-7-21-8-3-5-19(17(21)24)6-4-9-23(19)15-16-14-20-18(26-16)22-10-12-25-13-11-22/h14H,2-13,15H2,1H3. The summed E-state index contributed by atoms with van der Waals surface area (Å²) in [5.74, 6) is 0.376. The van der Waals surface area contributed by atoms with Crippen molar-refractivity contribution >= 4 is 22.4 Å². The van der Waals surface area contributed by atoms with Crippen molar-refractivity contribution in [2.75, 3.05) is 50.8 Å². The lowest BCUT2D eigenvalue weighted by molar-refractivity contribution is -0.147. The highest BCUT2D eigenvalue weighted by Crippen LogP contribution is 2.40. The van der Waals surface area contributed by atoms with Gasteiger partial charge in [-0.05, 0) is 38.6 Å². The van der Waals surface area contributed by atoms with Crippen LogP contribution in [0.3, 0.4) is 0 Å². The SMILES string of the molecule is CCCN1CCCC2(CCCN2Cc2cnc(N3CCOCC3)s2)C1=O. The predicted octanol–water partition coefficient (Wildman–Crippen LogP) is 2.35. The topological polar surface area (TPSA) is 48.9 Å². The molecule has 4 rings (SSSR count). The van der Waals surface area contributed by atoms with E-state index in [1.54, 1.807) is 11.3 Å². The average molecular weight is 379 g/mol. The normalized spacial score (nSPS) is 27.7. The number of rotatable bonds is 5. The molecule has 0 aromatic carbocycles. The summed E-state index contributed by atoms with van der Waals surface area (Å²) in [4.78, 5) is 26.0. The molecule has 0 N–H and O–H groups in total. The number of amides is 1. The summed E-state index contributed by atoms with van der Waals surface area (Å²) in [7, 11) is 0. The van der Waals surface area contributed by atoms with Crippen LogP contribution in [0, 0.1) is 0 Å². The molecule has 7 heteroatoms. The summed E-state index contributed by atoms with van der Waals surface area (Å²) in [5.41, 5.74) is -0.253. The monoisotopic (exact) mass is 378 g/mol. The van der Waals surface area contributed by atoms with Crippen LogP contribution in [-0.2, 0) is 16.1 Å². The molecular formula is C19H30N4O2S. The zero-order valence-corrected chi connectivity index (χ0v) is 16.6. The molecule has 0 radical (unpaired) electrons. The fraction of sp³-hybridized carbons (Fsp3) is 0.789. The Morgan fingerprint density at radius 2 is 1.96 bits per heavy atom. The van der Waals surface area contributed by atoms with Crippen LogP contribution in [0.2, 0.25) is 0 Å². The molecular weight excluding hydrogens is 348 g/mol. The Hall–Kier alpha value is -1.18. The van der Waals surface area contributed by atoms with Crippen LogP contribution in [0.4, 0.5) is 5.13 Å². The van der Waals surface area contributed by atoms with E-state index in [1.807, 2.05) is 6.20 Å². The summed E-state index contributed by atoms with van der Waals surface area (Å²) >= 11 is 1.78. The molecule has 144 valence electrons. The smallest absolute Gasteiger partial charge is 0.243 e. The number of likely N-dealkylation sites (tertiary alicyclic amines) is 2. The maximum absolute atomic E-state index is 13.2. The van der Waals surface area contributed by atoms with Gasteiger partial charge in [0.1, 0.15) is 5.54 Å². The second-order valence-electron chi connectivity index (χ2n) is 7.66. The minimum Gasteiger partial charge on any atom is -0.378 e. The van der Waals surface area contributed by atoms with Crippen molar-refractivity contribution in [1.29, 1.82) is 0 Å². The first-order valence-electron chi connectivity index (χ1n) is 10.0. The van der Waals surface area contributed by atoms with Crippen molar-refractivity contribution in [3.63, 3.8) is 0 Å². The molecule has 6 nitrogen and oxygen atoms in total. The fourth-order valence-electron chi connectivity index (χ4n) is 4.70. The molecule has 26 heavy (non-hydrogen) atoms. The van der Waals surface area contributed by atoms with E-state index in [0.717, 1.165) is 89.7 Å². The maximum Gasteiger partial charge on any atom is 0.243 e. The highest BCUT2D eigenvalue weighted by molar-refractivity contribution is 7.15. The summed E-state index contributed by atoms with van der Waals surface area (Å²) in [5, 5.41) is 1.10. The number of morpholine rings is 1. The van der Waals surface area contributed by atoms with Crippen LogP contribution in [0.15, 0.2) is 6.20 Å². The van der Waals surface area contributed by atoms with Crippen LogP contribution >= 0.6 is 11.3 Å². The van der Waals surface area contributed by atoms with Gasteiger partial charge >= 0.3 is 0 Å². The summed E-state index contributed by atoms with van der Waals surface area (Å²) < 4.78 is 5.44. The summed E-state index contributed by atoms with van der Waals surface area (Å²) in [6, 6.07) is 0. The number of carbonyl (C=O) groups is 1. The van der Waals surface area contributed by atoms with E-state index < -0.39 is 0 Å². The Bertz CT molecular complexity index is 629. The first-order valence-corrected chi connectivity index (χ1v) is 10.9. The second-order valence-corrected chi connectivity index (χ2v) is 8.75. The quantitative estimate of drug-likeness (QED) is 0.787. The molecule has 3 aliphatic rings. The van der Waals surface area contributed by atoms with E-state index in [1.165, 1.54) is 4.88 Å². The molecule has 0 aliphatic carbocycles. The first-order chi connectivity index (χ1) is 12.7. The van der Waals surface area contributed by atoms with Crippen LogP contribution in [0.1, 0.15) is 43.9 Å². The molecule has 1 aromatic heterocycles. The van der Waals surface area contributed by atoms with Crippen LogP contribution in [0.25, 0.3) is 0 Å². The Balaban J connectivity index is 1.47. The van der Waals surface area contributed by atoms with Gasteiger partial charge in [-0.2, -0.15) is 0 Å². The number of anilines is 1. The molecule has 1 atom stereocenters. The zero-order valence-electron chi connectivity index (χ0n) is 15.8. The van der Waals surface area contributed by atoms with Crippen molar-refractivity contribution in [3.05, 3.63) is 11.1 Å². The number of hydrogen-bond acceptors (Lipinski definition) is 6. The lowest BCUT2D eigenvalue weighted by atomic mass is 9.85. The van der Waals surface area contributed by atoms with Gasteiger partial charge in [-0.15, -0.1) is 11.3 Å². The van der Waals surface area contributed by atoms with Crippen molar-refractivity contribution < 1.29 is 9.53 Å². The lowest BCUT2D eigenvalue weighted by Gasteiger charge is -2.44. The molecule has 4 heterocycles. The van der Waals surface area contributed by atoms with E-state index >= 15 is 0 Å². The van der Waals surface area contributed by atoms with Crippen LogP contribution in [0.5, 0.6) is 0 Å². The summed E-state index contributed by atoms with van der Waals surface area (Å²) in [6.45, 7) is 9.28. The van der Waals surface area contributed by atoms with Gasteiger partial charge in [-0.25, -0.2) is 4.98 Å². The molecule has 1 unspecified atom stereocenters. The van der Waals surface area contributed by atoms with Gasteiger partial charge in [-0.3, -0.25) is 9.69 Å². The lowest BCUT2D eigenvalue weighted by Crippen LogP contribution is -2.59. The summed E-state index contributed by atoms with van der Waals surface area (Å²) in [6.07, 6.45) is 7.34. The molecule has 1 amide bonds. The van der Waals surface area contributed by atoms with Gasteiger partial charge < -0.3 is 14.5 Å². The predicted molar refractivity (Wildman–Crippen MR) is 104 cm³/mol. The zero-order chi connectivity index (χ0) is 18.0. The number of carbonyl (C=O) groups excluding carboxylic acids is 1.